The van der Waals surface area contributed by atoms with Crippen molar-refractivity contribution in [3.8, 4) is 0 Å². The third kappa shape index (κ3) is 2.77. The summed E-state index contributed by atoms with van der Waals surface area (Å²) in [6, 6.07) is 1.10. The summed E-state index contributed by atoms with van der Waals surface area (Å²) >= 11 is 2.02. The van der Waals surface area contributed by atoms with Crippen LogP contribution in [0.25, 0.3) is 0 Å². The SMILES string of the molecule is CCC(CC)(CN1C2CCCC1CC(=O)C2)SC. The number of thioether (sulfide) groups is 1. The Morgan fingerprint density at radius 3 is 2.22 bits per heavy atom. The third-order valence-electron chi connectivity index (χ3n) is 5.13. The fourth-order valence-electron chi connectivity index (χ4n) is 3.68. The number of hydrogen-bond donors (Lipinski definition) is 0. The molecule has 0 aliphatic carbocycles. The molecule has 0 aromatic carbocycles. The molecule has 2 unspecified atom stereocenters. The number of ketones is 1. The van der Waals surface area contributed by atoms with Crippen LogP contribution >= 0.6 is 11.8 Å². The first-order chi connectivity index (χ1) is 8.64. The number of nitrogens with zero attached hydrogens (tertiary/aromatic N) is 1. The standard InChI is InChI=1S/C15H27NOS/c1-4-15(5-2,18-3)11-16-12-7-6-8-13(16)10-14(17)9-12/h12-13H,4-11H2,1-3H3. The quantitative estimate of drug-likeness (QED) is 0.762. The van der Waals surface area contributed by atoms with E-state index in [2.05, 4.69) is 25.0 Å². The lowest BCUT2D eigenvalue weighted by atomic mass is 9.82. The Hall–Kier alpha value is -0.0200. The largest absolute Gasteiger partial charge is 0.300 e. The van der Waals surface area contributed by atoms with E-state index in [0.29, 0.717) is 22.6 Å². The molecule has 0 N–H and O–H groups in total. The van der Waals surface area contributed by atoms with E-state index in [0.717, 1.165) is 12.8 Å². The van der Waals surface area contributed by atoms with Crippen molar-refractivity contribution in [2.45, 2.75) is 75.6 Å². The Labute approximate surface area is 116 Å². The van der Waals surface area contributed by atoms with Crippen molar-refractivity contribution in [3.63, 3.8) is 0 Å². The maximum atomic E-state index is 11.8. The first-order valence-electron chi connectivity index (χ1n) is 7.46. The first-order valence-corrected chi connectivity index (χ1v) is 8.69. The summed E-state index contributed by atoms with van der Waals surface area (Å²) in [6.45, 7) is 5.81. The van der Waals surface area contributed by atoms with Crippen molar-refractivity contribution < 1.29 is 4.79 Å². The summed E-state index contributed by atoms with van der Waals surface area (Å²) in [5.41, 5.74) is 0. The first kappa shape index (κ1) is 14.4. The van der Waals surface area contributed by atoms with Crippen LogP contribution in [0.1, 0.15) is 58.8 Å². The highest BCUT2D eigenvalue weighted by molar-refractivity contribution is 8.00. The maximum absolute atomic E-state index is 11.8. The van der Waals surface area contributed by atoms with Gasteiger partial charge in [-0.1, -0.05) is 20.3 Å². The number of carbonyl (C=O) groups is 1. The number of carbonyl (C=O) groups excluding carboxylic acids is 1. The zero-order valence-corrected chi connectivity index (χ0v) is 12.9. The van der Waals surface area contributed by atoms with Crippen LogP contribution in [0.4, 0.5) is 0 Å². The maximum Gasteiger partial charge on any atom is 0.136 e. The molecule has 2 saturated heterocycles. The summed E-state index contributed by atoms with van der Waals surface area (Å²) in [5, 5.41) is 0. The second-order valence-electron chi connectivity index (χ2n) is 5.95. The van der Waals surface area contributed by atoms with Crippen molar-refractivity contribution in [3.05, 3.63) is 0 Å². The van der Waals surface area contributed by atoms with Gasteiger partial charge in [0.05, 0.1) is 0 Å². The molecule has 3 heteroatoms. The van der Waals surface area contributed by atoms with Gasteiger partial charge in [-0.25, -0.2) is 0 Å². The molecule has 2 aliphatic rings. The van der Waals surface area contributed by atoms with Gasteiger partial charge in [-0.05, 0) is 31.9 Å². The van der Waals surface area contributed by atoms with Crippen LogP contribution in [0.15, 0.2) is 0 Å². The minimum absolute atomic E-state index is 0.397. The van der Waals surface area contributed by atoms with Crippen LogP contribution in [0.3, 0.4) is 0 Å². The van der Waals surface area contributed by atoms with Crippen LogP contribution in [0.2, 0.25) is 0 Å². The molecule has 0 aromatic heterocycles. The van der Waals surface area contributed by atoms with Gasteiger partial charge in [0.15, 0.2) is 0 Å². The molecule has 2 fully saturated rings. The summed E-state index contributed by atoms with van der Waals surface area (Å²) in [4.78, 5) is 14.5. The molecule has 2 heterocycles. The number of fused-ring (bicyclic) bond motifs is 2. The number of rotatable bonds is 5. The molecule has 2 bridgehead atoms. The topological polar surface area (TPSA) is 20.3 Å². The molecule has 0 amide bonds. The van der Waals surface area contributed by atoms with Crippen molar-refractivity contribution in [2.75, 3.05) is 12.8 Å². The van der Waals surface area contributed by atoms with Gasteiger partial charge in [-0.3, -0.25) is 9.69 Å². The fourth-order valence-corrected chi connectivity index (χ4v) is 4.54. The van der Waals surface area contributed by atoms with Gasteiger partial charge in [0.2, 0.25) is 0 Å². The molecule has 0 spiro atoms. The second-order valence-corrected chi connectivity index (χ2v) is 7.23. The monoisotopic (exact) mass is 269 g/mol. The fraction of sp³-hybridized carbons (Fsp3) is 0.933. The molecular weight excluding hydrogens is 242 g/mol. The van der Waals surface area contributed by atoms with Crippen molar-refractivity contribution in [2.24, 2.45) is 0 Å². The van der Waals surface area contributed by atoms with Gasteiger partial charge >= 0.3 is 0 Å². The number of piperidine rings is 2. The zero-order valence-electron chi connectivity index (χ0n) is 12.1. The lowest BCUT2D eigenvalue weighted by molar-refractivity contribution is -0.127. The van der Waals surface area contributed by atoms with E-state index in [1.54, 1.807) is 0 Å². The molecule has 2 aliphatic heterocycles. The zero-order chi connectivity index (χ0) is 13.2. The van der Waals surface area contributed by atoms with Crippen LogP contribution in [0, 0.1) is 0 Å². The Balaban J connectivity index is 2.10. The van der Waals surface area contributed by atoms with Gasteiger partial charge in [-0.15, -0.1) is 0 Å². The normalized spacial score (nSPS) is 29.6. The van der Waals surface area contributed by atoms with E-state index in [4.69, 9.17) is 0 Å². The van der Waals surface area contributed by atoms with Crippen LogP contribution in [0.5, 0.6) is 0 Å². The Morgan fingerprint density at radius 1 is 1.22 bits per heavy atom. The minimum atomic E-state index is 0.397. The van der Waals surface area contributed by atoms with E-state index in [9.17, 15) is 4.79 Å². The Bertz CT molecular complexity index is 277. The lowest BCUT2D eigenvalue weighted by Crippen LogP contribution is -2.56. The van der Waals surface area contributed by atoms with Crippen molar-refractivity contribution in [1.82, 2.24) is 4.90 Å². The third-order valence-corrected chi connectivity index (χ3v) is 6.70. The lowest BCUT2D eigenvalue weighted by Gasteiger charge is -2.49. The smallest absolute Gasteiger partial charge is 0.136 e. The number of hydrogen-bond acceptors (Lipinski definition) is 3. The molecule has 2 rings (SSSR count). The van der Waals surface area contributed by atoms with Gasteiger partial charge in [0.25, 0.3) is 0 Å². The summed E-state index contributed by atoms with van der Waals surface area (Å²) in [7, 11) is 0. The van der Waals surface area contributed by atoms with Crippen molar-refractivity contribution >= 4 is 17.5 Å². The van der Waals surface area contributed by atoms with Gasteiger partial charge < -0.3 is 0 Å². The molecule has 0 radical (unpaired) electrons. The van der Waals surface area contributed by atoms with Crippen LogP contribution in [-0.4, -0.2) is 40.3 Å². The highest BCUT2D eigenvalue weighted by Gasteiger charge is 2.41. The average Bonchev–Trinajstić information content (AvgIpc) is 2.37. The van der Waals surface area contributed by atoms with E-state index < -0.39 is 0 Å². The van der Waals surface area contributed by atoms with E-state index >= 15 is 0 Å². The Kier molecular flexibility index (Phi) is 4.76. The van der Waals surface area contributed by atoms with E-state index in [1.165, 1.54) is 38.6 Å². The average molecular weight is 269 g/mol. The van der Waals surface area contributed by atoms with Gasteiger partial charge in [-0.2, -0.15) is 11.8 Å². The van der Waals surface area contributed by atoms with Gasteiger partial charge in [0, 0.05) is 36.2 Å². The minimum Gasteiger partial charge on any atom is -0.300 e. The number of Topliss-reactive ketones (excluding diaryl/α,β-unsaturated/α-hetero) is 1. The summed E-state index contributed by atoms with van der Waals surface area (Å²) in [6.07, 6.45) is 10.1. The predicted octanol–water partition coefficient (Wildman–Crippen LogP) is 3.49. The molecule has 2 atom stereocenters. The molecular formula is C15H27NOS. The summed E-state index contributed by atoms with van der Waals surface area (Å²) in [5.74, 6) is 0.503. The Morgan fingerprint density at radius 2 is 1.78 bits per heavy atom. The molecule has 104 valence electrons. The van der Waals surface area contributed by atoms with E-state index in [-0.39, 0.29) is 0 Å². The molecule has 18 heavy (non-hydrogen) atoms. The van der Waals surface area contributed by atoms with Gasteiger partial charge in [0.1, 0.15) is 5.78 Å². The van der Waals surface area contributed by atoms with Crippen LogP contribution in [-0.2, 0) is 4.79 Å². The summed E-state index contributed by atoms with van der Waals surface area (Å²) < 4.78 is 0.397. The predicted molar refractivity (Wildman–Crippen MR) is 79.2 cm³/mol. The highest BCUT2D eigenvalue weighted by Crippen LogP contribution is 2.38. The van der Waals surface area contributed by atoms with Crippen LogP contribution < -0.4 is 0 Å². The molecule has 2 nitrogen and oxygen atoms in total. The second kappa shape index (κ2) is 5.96. The molecule has 0 saturated carbocycles. The highest BCUT2D eigenvalue weighted by atomic mass is 32.2. The van der Waals surface area contributed by atoms with E-state index in [1.807, 2.05) is 11.8 Å². The van der Waals surface area contributed by atoms with Crippen molar-refractivity contribution in [1.29, 1.82) is 0 Å². The molecule has 0 aromatic rings.